The fourth-order valence-electron chi connectivity index (χ4n) is 0.961. The Morgan fingerprint density at radius 2 is 2.29 bits per heavy atom. The molecule has 0 N–H and O–H groups in total. The van der Waals surface area contributed by atoms with Crippen molar-refractivity contribution in [1.82, 2.24) is 9.55 Å². The van der Waals surface area contributed by atoms with Crippen molar-refractivity contribution in [2.24, 2.45) is 0 Å². The van der Waals surface area contributed by atoms with Crippen molar-refractivity contribution in [2.45, 2.75) is 18.6 Å². The molecular weight excluding hydrogens is 220 g/mol. The fourth-order valence-corrected chi connectivity index (χ4v) is 3.18. The van der Waals surface area contributed by atoms with Crippen LogP contribution < -0.4 is 0 Å². The van der Waals surface area contributed by atoms with Crippen LogP contribution in [0.3, 0.4) is 0 Å². The molecule has 0 spiro atoms. The number of imidazole rings is 1. The Morgan fingerprint density at radius 3 is 2.86 bits per heavy atom. The number of nitrogens with zero attached hydrogens (tertiary/aromatic N) is 2. The van der Waals surface area contributed by atoms with Crippen molar-refractivity contribution in [3.63, 3.8) is 0 Å². The smallest absolute Gasteiger partial charge is 0.167 e. The lowest BCUT2D eigenvalue weighted by Crippen LogP contribution is -2.06. The maximum atomic E-state index is 10.9. The molecule has 6 heteroatoms. The summed E-state index contributed by atoms with van der Waals surface area (Å²) < 4.78 is 23.7. The molecule has 4 nitrogen and oxygen atoms in total. The summed E-state index contributed by atoms with van der Waals surface area (Å²) >= 11 is 1.48. The number of aryl methyl sites for hydroxylation is 1. The second-order valence-electron chi connectivity index (χ2n) is 2.97. The molecule has 14 heavy (non-hydrogen) atoms. The van der Waals surface area contributed by atoms with E-state index in [1.165, 1.54) is 18.0 Å². The van der Waals surface area contributed by atoms with Gasteiger partial charge in [0.2, 0.25) is 0 Å². The first-order valence-electron chi connectivity index (χ1n) is 4.34. The minimum absolute atomic E-state index is 0.203. The molecular formula is C8H14N2O2S2. The Balaban J connectivity index is 2.46. The van der Waals surface area contributed by atoms with Crippen LogP contribution >= 0.6 is 11.8 Å². The number of aromatic nitrogens is 2. The van der Waals surface area contributed by atoms with Gasteiger partial charge in [0.05, 0.1) is 5.75 Å². The zero-order valence-corrected chi connectivity index (χ0v) is 9.94. The number of hydrogen-bond acceptors (Lipinski definition) is 4. The van der Waals surface area contributed by atoms with Gasteiger partial charge in [-0.1, -0.05) is 11.8 Å². The minimum atomic E-state index is -2.85. The van der Waals surface area contributed by atoms with Crippen molar-refractivity contribution < 1.29 is 8.42 Å². The van der Waals surface area contributed by atoms with Gasteiger partial charge in [-0.15, -0.1) is 0 Å². The highest BCUT2D eigenvalue weighted by molar-refractivity contribution is 8.00. The van der Waals surface area contributed by atoms with Crippen molar-refractivity contribution in [3.05, 3.63) is 12.4 Å². The summed E-state index contributed by atoms with van der Waals surface area (Å²) in [5.74, 6) is 0.768. The first-order chi connectivity index (χ1) is 6.53. The van der Waals surface area contributed by atoms with E-state index in [1.54, 1.807) is 6.20 Å². The predicted molar refractivity (Wildman–Crippen MR) is 58.3 cm³/mol. The van der Waals surface area contributed by atoms with Gasteiger partial charge in [-0.3, -0.25) is 0 Å². The molecule has 0 aromatic carbocycles. The molecule has 0 fully saturated rings. The van der Waals surface area contributed by atoms with Gasteiger partial charge >= 0.3 is 0 Å². The topological polar surface area (TPSA) is 52.0 Å². The third-order valence-electron chi connectivity index (χ3n) is 1.70. The molecule has 0 saturated heterocycles. The summed E-state index contributed by atoms with van der Waals surface area (Å²) in [6.45, 7) is 2.89. The van der Waals surface area contributed by atoms with E-state index in [-0.39, 0.29) is 5.75 Å². The fraction of sp³-hybridized carbons (Fsp3) is 0.625. The van der Waals surface area contributed by atoms with E-state index in [0.717, 1.165) is 11.7 Å². The molecule has 0 radical (unpaired) electrons. The van der Waals surface area contributed by atoms with Crippen molar-refractivity contribution in [3.8, 4) is 0 Å². The average molecular weight is 234 g/mol. The van der Waals surface area contributed by atoms with Gasteiger partial charge in [0.25, 0.3) is 0 Å². The van der Waals surface area contributed by atoms with Gasteiger partial charge in [-0.05, 0) is 6.92 Å². The average Bonchev–Trinajstić information content (AvgIpc) is 2.49. The lowest BCUT2D eigenvalue weighted by Gasteiger charge is -2.02. The molecule has 0 aliphatic carbocycles. The Labute approximate surface area is 88.6 Å². The standard InChI is InChI=1S/C8H14N2O2S2/c1-3-10-5-4-9-8(10)13-6-7-14(2,11)12/h4-5H,3,6-7H2,1-2H3. The van der Waals surface area contributed by atoms with Gasteiger partial charge in [0.15, 0.2) is 5.16 Å². The largest absolute Gasteiger partial charge is 0.326 e. The van der Waals surface area contributed by atoms with E-state index in [9.17, 15) is 8.42 Å². The summed E-state index contributed by atoms with van der Waals surface area (Å²) in [6.07, 6.45) is 4.87. The summed E-state index contributed by atoms with van der Waals surface area (Å²) in [5, 5.41) is 0.885. The van der Waals surface area contributed by atoms with Crippen LogP contribution in [0.15, 0.2) is 17.6 Å². The number of sulfone groups is 1. The normalized spacial score (nSPS) is 11.9. The Bertz CT molecular complexity index is 384. The van der Waals surface area contributed by atoms with Crippen molar-refractivity contribution in [2.75, 3.05) is 17.8 Å². The summed E-state index contributed by atoms with van der Waals surface area (Å²) in [4.78, 5) is 4.14. The Kier molecular flexibility index (Phi) is 4.00. The Hall–Kier alpha value is -0.490. The monoisotopic (exact) mass is 234 g/mol. The first kappa shape index (κ1) is 11.6. The maximum absolute atomic E-state index is 10.9. The zero-order valence-electron chi connectivity index (χ0n) is 8.30. The molecule has 0 bridgehead atoms. The van der Waals surface area contributed by atoms with Gasteiger partial charge in [0.1, 0.15) is 9.84 Å². The van der Waals surface area contributed by atoms with E-state index in [0.29, 0.717) is 5.75 Å². The van der Waals surface area contributed by atoms with Gasteiger partial charge in [-0.25, -0.2) is 13.4 Å². The summed E-state index contributed by atoms with van der Waals surface area (Å²) in [7, 11) is -2.85. The zero-order chi connectivity index (χ0) is 10.6. The van der Waals surface area contributed by atoms with Gasteiger partial charge < -0.3 is 4.57 Å². The second-order valence-corrected chi connectivity index (χ2v) is 6.30. The lowest BCUT2D eigenvalue weighted by molar-refractivity contribution is 0.603. The minimum Gasteiger partial charge on any atom is -0.326 e. The van der Waals surface area contributed by atoms with Crippen LogP contribution in [0.4, 0.5) is 0 Å². The molecule has 1 heterocycles. The molecule has 0 aliphatic heterocycles. The van der Waals surface area contributed by atoms with Crippen molar-refractivity contribution in [1.29, 1.82) is 0 Å². The molecule has 0 aliphatic rings. The highest BCUT2D eigenvalue weighted by Crippen LogP contribution is 2.15. The number of thioether (sulfide) groups is 1. The van der Waals surface area contributed by atoms with Crippen LogP contribution in [-0.4, -0.2) is 35.7 Å². The molecule has 0 saturated carbocycles. The van der Waals surface area contributed by atoms with Crippen molar-refractivity contribution >= 4 is 21.6 Å². The maximum Gasteiger partial charge on any atom is 0.167 e. The van der Waals surface area contributed by atoms with E-state index in [1.807, 2.05) is 17.7 Å². The molecule has 1 rings (SSSR count). The quantitative estimate of drug-likeness (QED) is 0.714. The summed E-state index contributed by atoms with van der Waals surface area (Å²) in [6, 6.07) is 0. The van der Waals surface area contributed by atoms with Gasteiger partial charge in [-0.2, -0.15) is 0 Å². The molecule has 80 valence electrons. The van der Waals surface area contributed by atoms with E-state index < -0.39 is 9.84 Å². The Morgan fingerprint density at radius 1 is 1.57 bits per heavy atom. The van der Waals surface area contributed by atoms with Crippen LogP contribution in [-0.2, 0) is 16.4 Å². The highest BCUT2D eigenvalue weighted by Gasteiger charge is 2.05. The van der Waals surface area contributed by atoms with Crippen LogP contribution in [0.25, 0.3) is 0 Å². The van der Waals surface area contributed by atoms with Crippen LogP contribution in [0.1, 0.15) is 6.92 Å². The van der Waals surface area contributed by atoms with E-state index >= 15 is 0 Å². The molecule has 0 atom stereocenters. The number of hydrogen-bond donors (Lipinski definition) is 0. The van der Waals surface area contributed by atoms with E-state index in [4.69, 9.17) is 0 Å². The molecule has 0 amide bonds. The van der Waals surface area contributed by atoms with Crippen LogP contribution in [0.5, 0.6) is 0 Å². The predicted octanol–water partition coefficient (Wildman–Crippen LogP) is 1.04. The summed E-state index contributed by atoms with van der Waals surface area (Å²) in [5.41, 5.74) is 0. The lowest BCUT2D eigenvalue weighted by atomic mass is 10.7. The second kappa shape index (κ2) is 4.84. The molecule has 0 unspecified atom stereocenters. The SMILES string of the molecule is CCn1ccnc1SCCS(C)(=O)=O. The third kappa shape index (κ3) is 3.71. The van der Waals surface area contributed by atoms with Crippen LogP contribution in [0.2, 0.25) is 0 Å². The van der Waals surface area contributed by atoms with Crippen LogP contribution in [0, 0.1) is 0 Å². The third-order valence-corrected chi connectivity index (χ3v) is 3.91. The number of rotatable bonds is 5. The first-order valence-corrected chi connectivity index (χ1v) is 7.39. The van der Waals surface area contributed by atoms with Gasteiger partial charge in [0, 0.05) is 30.9 Å². The molecule has 1 aromatic rings. The van der Waals surface area contributed by atoms with E-state index in [2.05, 4.69) is 4.98 Å². The molecule has 1 aromatic heterocycles. The highest BCUT2D eigenvalue weighted by atomic mass is 32.2.